The summed E-state index contributed by atoms with van der Waals surface area (Å²) < 4.78 is 31.8. The number of esters is 1. The molecule has 1 aliphatic heterocycles. The Hall–Kier alpha value is -1.52. The third-order valence-electron chi connectivity index (χ3n) is 2.31. The maximum atomic E-state index is 11.8. The predicted molar refractivity (Wildman–Crippen MR) is 66.4 cm³/mol. The van der Waals surface area contributed by atoms with Gasteiger partial charge >= 0.3 is 16.2 Å². The molecule has 1 aliphatic rings. The topological polar surface area (TPSA) is 75.7 Å². The van der Waals surface area contributed by atoms with Gasteiger partial charge in [0.25, 0.3) is 0 Å². The van der Waals surface area contributed by atoms with Crippen LogP contribution in [0.15, 0.2) is 11.8 Å². The summed E-state index contributed by atoms with van der Waals surface area (Å²) in [5, 5.41) is 0. The van der Waals surface area contributed by atoms with Crippen molar-refractivity contribution >= 4 is 16.2 Å². The molecule has 0 amide bonds. The zero-order valence-corrected chi connectivity index (χ0v) is 11.4. The smallest absolute Gasteiger partial charge is 0.337 e. The average Bonchev–Trinajstić information content (AvgIpc) is 2.27. The number of hydrogen-bond donors (Lipinski definition) is 1. The molecule has 7 heteroatoms. The van der Waals surface area contributed by atoms with Crippen molar-refractivity contribution in [1.29, 1.82) is 0 Å². The SMILES string of the molecule is CC#CCN1C=C(C(=O)OCC)C(C)NS1(=O)=O. The molecule has 0 saturated heterocycles. The number of ether oxygens (including phenoxy) is 1. The summed E-state index contributed by atoms with van der Waals surface area (Å²) in [6.45, 7) is 5.13. The van der Waals surface area contributed by atoms with Crippen LogP contribution in [-0.2, 0) is 19.7 Å². The summed E-state index contributed by atoms with van der Waals surface area (Å²) in [7, 11) is -3.63. The average molecular weight is 272 g/mol. The maximum absolute atomic E-state index is 11.8. The Morgan fingerprint density at radius 3 is 2.83 bits per heavy atom. The van der Waals surface area contributed by atoms with Gasteiger partial charge in [-0.25, -0.2) is 4.79 Å². The highest BCUT2D eigenvalue weighted by atomic mass is 32.2. The van der Waals surface area contributed by atoms with Gasteiger partial charge in [0.1, 0.15) is 0 Å². The lowest BCUT2D eigenvalue weighted by Gasteiger charge is -2.28. The molecule has 1 heterocycles. The molecule has 0 fully saturated rings. The van der Waals surface area contributed by atoms with E-state index in [2.05, 4.69) is 16.6 Å². The van der Waals surface area contributed by atoms with E-state index in [0.717, 1.165) is 4.31 Å². The first-order valence-electron chi connectivity index (χ1n) is 5.50. The number of nitrogens with zero attached hydrogens (tertiary/aromatic N) is 1. The Bertz CT molecular complexity index is 513. The Kier molecular flexibility index (Phi) is 4.76. The molecule has 1 N–H and O–H groups in total. The first-order valence-corrected chi connectivity index (χ1v) is 6.94. The number of carbonyl (C=O) groups is 1. The monoisotopic (exact) mass is 272 g/mol. The largest absolute Gasteiger partial charge is 0.463 e. The van der Waals surface area contributed by atoms with Gasteiger partial charge in [-0.3, -0.25) is 4.31 Å². The quantitative estimate of drug-likeness (QED) is 0.579. The van der Waals surface area contributed by atoms with E-state index in [1.807, 2.05) is 0 Å². The Morgan fingerprint density at radius 1 is 1.61 bits per heavy atom. The molecule has 100 valence electrons. The molecule has 0 aromatic heterocycles. The van der Waals surface area contributed by atoms with Gasteiger partial charge in [0.2, 0.25) is 0 Å². The van der Waals surface area contributed by atoms with Crippen molar-refractivity contribution in [2.75, 3.05) is 13.2 Å². The zero-order valence-electron chi connectivity index (χ0n) is 10.6. The third-order valence-corrected chi connectivity index (χ3v) is 3.81. The Morgan fingerprint density at radius 2 is 2.28 bits per heavy atom. The zero-order chi connectivity index (χ0) is 13.8. The fourth-order valence-electron chi connectivity index (χ4n) is 1.42. The Balaban J connectivity index is 3.05. The van der Waals surface area contributed by atoms with Gasteiger partial charge < -0.3 is 4.74 Å². The molecule has 0 saturated carbocycles. The van der Waals surface area contributed by atoms with Crippen molar-refractivity contribution in [3.05, 3.63) is 11.8 Å². The molecule has 1 atom stereocenters. The van der Waals surface area contributed by atoms with Crippen molar-refractivity contribution < 1.29 is 17.9 Å². The molecule has 0 bridgehead atoms. The second-order valence-corrected chi connectivity index (χ2v) is 5.28. The van der Waals surface area contributed by atoms with E-state index in [1.165, 1.54) is 6.20 Å². The van der Waals surface area contributed by atoms with E-state index in [0.29, 0.717) is 0 Å². The van der Waals surface area contributed by atoms with E-state index in [4.69, 9.17) is 4.74 Å². The maximum Gasteiger partial charge on any atom is 0.337 e. The van der Waals surface area contributed by atoms with Crippen molar-refractivity contribution in [1.82, 2.24) is 9.03 Å². The van der Waals surface area contributed by atoms with Crippen LogP contribution in [0, 0.1) is 11.8 Å². The molecule has 0 radical (unpaired) electrons. The highest BCUT2D eigenvalue weighted by Crippen LogP contribution is 2.16. The van der Waals surface area contributed by atoms with E-state index in [9.17, 15) is 13.2 Å². The lowest BCUT2D eigenvalue weighted by Crippen LogP contribution is -2.48. The predicted octanol–water partition coefficient (Wildman–Crippen LogP) is -0.00480. The minimum absolute atomic E-state index is 0.00145. The number of hydrogen-bond acceptors (Lipinski definition) is 4. The van der Waals surface area contributed by atoms with E-state index < -0.39 is 22.2 Å². The summed E-state index contributed by atoms with van der Waals surface area (Å²) >= 11 is 0. The molecule has 1 rings (SSSR count). The molecule has 6 nitrogen and oxygen atoms in total. The highest BCUT2D eigenvalue weighted by Gasteiger charge is 2.32. The molecule has 0 spiro atoms. The van der Waals surface area contributed by atoms with Crippen LogP contribution in [0.1, 0.15) is 20.8 Å². The van der Waals surface area contributed by atoms with Gasteiger partial charge in [-0.05, 0) is 20.8 Å². The number of nitrogens with one attached hydrogen (secondary N) is 1. The van der Waals surface area contributed by atoms with Crippen molar-refractivity contribution in [2.24, 2.45) is 0 Å². The van der Waals surface area contributed by atoms with E-state index in [-0.39, 0.29) is 18.7 Å². The highest BCUT2D eigenvalue weighted by molar-refractivity contribution is 7.87. The summed E-state index contributed by atoms with van der Waals surface area (Å²) in [6, 6.07) is -0.611. The van der Waals surface area contributed by atoms with Gasteiger partial charge in [0.05, 0.1) is 24.8 Å². The summed E-state index contributed by atoms with van der Waals surface area (Å²) in [4.78, 5) is 11.7. The van der Waals surface area contributed by atoms with Crippen LogP contribution in [-0.4, -0.2) is 37.9 Å². The van der Waals surface area contributed by atoms with Gasteiger partial charge in [-0.15, -0.1) is 5.92 Å². The molecule has 0 aromatic carbocycles. The number of carbonyl (C=O) groups excluding carboxylic acids is 1. The third kappa shape index (κ3) is 3.24. The summed E-state index contributed by atoms with van der Waals surface area (Å²) in [5.74, 6) is 4.72. The fraction of sp³-hybridized carbons (Fsp3) is 0.545. The molecular formula is C11H16N2O4S. The van der Waals surface area contributed by atoms with Crippen LogP contribution in [0.3, 0.4) is 0 Å². The van der Waals surface area contributed by atoms with Crippen LogP contribution < -0.4 is 4.72 Å². The second-order valence-electron chi connectivity index (χ2n) is 3.62. The van der Waals surface area contributed by atoms with Gasteiger partial charge in [0, 0.05) is 6.20 Å². The van der Waals surface area contributed by atoms with Crippen LogP contribution >= 0.6 is 0 Å². The molecule has 18 heavy (non-hydrogen) atoms. The summed E-state index contributed by atoms with van der Waals surface area (Å²) in [5.41, 5.74) is 0.268. The van der Waals surface area contributed by atoms with Crippen molar-refractivity contribution in [2.45, 2.75) is 26.8 Å². The lowest BCUT2D eigenvalue weighted by molar-refractivity contribution is -0.138. The van der Waals surface area contributed by atoms with Crippen LogP contribution in [0.25, 0.3) is 0 Å². The minimum atomic E-state index is -3.63. The van der Waals surface area contributed by atoms with Gasteiger partial charge in [-0.2, -0.15) is 13.1 Å². The molecule has 0 aliphatic carbocycles. The number of rotatable bonds is 3. The minimum Gasteiger partial charge on any atom is -0.463 e. The molecular weight excluding hydrogens is 256 g/mol. The summed E-state index contributed by atoms with van der Waals surface area (Å²) in [6.07, 6.45) is 1.28. The fourth-order valence-corrected chi connectivity index (χ4v) is 2.62. The molecule has 1 unspecified atom stereocenters. The first kappa shape index (κ1) is 14.5. The van der Waals surface area contributed by atoms with Crippen molar-refractivity contribution in [3.63, 3.8) is 0 Å². The van der Waals surface area contributed by atoms with Gasteiger partial charge in [-0.1, -0.05) is 5.92 Å². The van der Waals surface area contributed by atoms with Crippen LogP contribution in [0.4, 0.5) is 0 Å². The van der Waals surface area contributed by atoms with Crippen LogP contribution in [0.2, 0.25) is 0 Å². The second kappa shape index (κ2) is 5.89. The Labute approximate surface area is 107 Å². The van der Waals surface area contributed by atoms with E-state index in [1.54, 1.807) is 20.8 Å². The van der Waals surface area contributed by atoms with Crippen molar-refractivity contribution in [3.8, 4) is 11.8 Å². The standard InChI is InChI=1S/C11H16N2O4S/c1-4-6-7-13-8-10(11(14)17-5-2)9(3)12-18(13,15)16/h8-9,12H,5,7H2,1-3H3. The molecule has 0 aromatic rings. The lowest BCUT2D eigenvalue weighted by atomic mass is 10.1. The van der Waals surface area contributed by atoms with Crippen LogP contribution in [0.5, 0.6) is 0 Å². The normalized spacial score (nSPS) is 21.6. The van der Waals surface area contributed by atoms with Gasteiger partial charge in [0.15, 0.2) is 0 Å². The van der Waals surface area contributed by atoms with E-state index >= 15 is 0 Å². The first-order chi connectivity index (χ1) is 8.42.